The summed E-state index contributed by atoms with van der Waals surface area (Å²) >= 11 is 0. The third-order valence-corrected chi connectivity index (χ3v) is 5.21. The molecule has 1 saturated heterocycles. The van der Waals surface area contributed by atoms with Crippen LogP contribution in [-0.4, -0.2) is 34.2 Å². The molecule has 0 radical (unpaired) electrons. The number of benzene rings is 1. The monoisotopic (exact) mass is 336 g/mol. The first-order chi connectivity index (χ1) is 12.1. The van der Waals surface area contributed by atoms with Crippen LogP contribution in [0.25, 0.3) is 0 Å². The molecule has 1 amide bonds. The molecule has 1 fully saturated rings. The molecule has 2 unspecified atom stereocenters. The minimum atomic E-state index is -0.154. The number of carbonyl (C=O) groups excluding carboxylic acids is 2. The predicted molar refractivity (Wildman–Crippen MR) is 93.5 cm³/mol. The van der Waals surface area contributed by atoms with Crippen molar-refractivity contribution in [3.05, 3.63) is 70.1 Å². The SMILES string of the molecule is O=C(CC(=O)N1CC2Cc3cccc(=O)n3C(C2)C1)c1ccccc1. The highest BCUT2D eigenvalue weighted by Crippen LogP contribution is 2.33. The summed E-state index contributed by atoms with van der Waals surface area (Å²) in [6.45, 7) is 1.18. The molecule has 2 aromatic rings. The van der Waals surface area contributed by atoms with Gasteiger partial charge in [-0.25, -0.2) is 0 Å². The van der Waals surface area contributed by atoms with Crippen LogP contribution in [0.1, 0.15) is 34.9 Å². The number of aromatic nitrogens is 1. The highest BCUT2D eigenvalue weighted by molar-refractivity contribution is 6.07. The van der Waals surface area contributed by atoms with Crippen LogP contribution >= 0.6 is 0 Å². The molecular weight excluding hydrogens is 316 g/mol. The second-order valence-corrected chi connectivity index (χ2v) is 6.95. The Hall–Kier alpha value is -2.69. The Morgan fingerprint density at radius 3 is 2.60 bits per heavy atom. The average Bonchev–Trinajstić information content (AvgIpc) is 2.62. The molecule has 1 aromatic carbocycles. The molecule has 2 bridgehead atoms. The summed E-state index contributed by atoms with van der Waals surface area (Å²) in [6, 6.07) is 14.3. The van der Waals surface area contributed by atoms with Crippen molar-refractivity contribution in [1.82, 2.24) is 9.47 Å². The van der Waals surface area contributed by atoms with Crippen LogP contribution in [-0.2, 0) is 11.2 Å². The van der Waals surface area contributed by atoms with Gasteiger partial charge in [-0.15, -0.1) is 0 Å². The van der Waals surface area contributed by atoms with Crippen LogP contribution in [0.3, 0.4) is 0 Å². The second-order valence-electron chi connectivity index (χ2n) is 6.95. The molecule has 4 rings (SSSR count). The Balaban J connectivity index is 1.50. The van der Waals surface area contributed by atoms with E-state index in [-0.39, 0.29) is 29.7 Å². The predicted octanol–water partition coefficient (Wildman–Crippen LogP) is 2.07. The van der Waals surface area contributed by atoms with E-state index in [0.717, 1.165) is 18.5 Å². The van der Waals surface area contributed by atoms with Crippen molar-refractivity contribution in [2.24, 2.45) is 5.92 Å². The van der Waals surface area contributed by atoms with E-state index >= 15 is 0 Å². The highest BCUT2D eigenvalue weighted by Gasteiger charge is 2.36. The lowest BCUT2D eigenvalue weighted by Crippen LogP contribution is -2.50. The number of fused-ring (bicyclic) bond motifs is 4. The number of hydrogen-bond acceptors (Lipinski definition) is 3. The number of rotatable bonds is 3. The molecular formula is C20H20N2O3. The molecule has 0 spiro atoms. The van der Waals surface area contributed by atoms with Gasteiger partial charge in [0.1, 0.15) is 0 Å². The Labute approximate surface area is 145 Å². The largest absolute Gasteiger partial charge is 0.340 e. The zero-order valence-electron chi connectivity index (χ0n) is 13.9. The van der Waals surface area contributed by atoms with E-state index in [2.05, 4.69) is 0 Å². The zero-order valence-corrected chi connectivity index (χ0v) is 13.9. The van der Waals surface area contributed by atoms with E-state index in [4.69, 9.17) is 0 Å². The molecule has 0 aliphatic carbocycles. The van der Waals surface area contributed by atoms with Gasteiger partial charge in [0.25, 0.3) is 5.56 Å². The van der Waals surface area contributed by atoms with Crippen molar-refractivity contribution in [3.63, 3.8) is 0 Å². The number of Topliss-reactive ketones (excluding diaryl/α,β-unsaturated/α-hetero) is 1. The summed E-state index contributed by atoms with van der Waals surface area (Å²) < 4.78 is 1.83. The van der Waals surface area contributed by atoms with Crippen LogP contribution in [0.4, 0.5) is 0 Å². The molecule has 3 heterocycles. The van der Waals surface area contributed by atoms with Gasteiger partial charge in [-0.05, 0) is 24.8 Å². The fourth-order valence-electron chi connectivity index (χ4n) is 4.11. The van der Waals surface area contributed by atoms with Crippen LogP contribution in [0, 0.1) is 5.92 Å². The fraction of sp³-hybridized carbons (Fsp3) is 0.350. The third-order valence-electron chi connectivity index (χ3n) is 5.21. The van der Waals surface area contributed by atoms with Crippen LogP contribution < -0.4 is 5.56 Å². The number of likely N-dealkylation sites (tertiary alicyclic amines) is 1. The van der Waals surface area contributed by atoms with Gasteiger partial charge in [0, 0.05) is 30.4 Å². The van der Waals surface area contributed by atoms with Gasteiger partial charge in [0.15, 0.2) is 5.78 Å². The summed E-state index contributed by atoms with van der Waals surface area (Å²) in [5.41, 5.74) is 1.62. The van der Waals surface area contributed by atoms with Gasteiger partial charge in [0.2, 0.25) is 5.91 Å². The van der Waals surface area contributed by atoms with Crippen molar-refractivity contribution in [2.75, 3.05) is 13.1 Å². The smallest absolute Gasteiger partial charge is 0.251 e. The molecule has 5 heteroatoms. The number of hydrogen-bond donors (Lipinski definition) is 0. The molecule has 25 heavy (non-hydrogen) atoms. The summed E-state index contributed by atoms with van der Waals surface area (Å²) in [4.78, 5) is 38.9. The Kier molecular flexibility index (Phi) is 3.99. The lowest BCUT2D eigenvalue weighted by Gasteiger charge is -2.43. The molecule has 0 N–H and O–H groups in total. The highest BCUT2D eigenvalue weighted by atomic mass is 16.2. The topological polar surface area (TPSA) is 59.4 Å². The Morgan fingerprint density at radius 1 is 1.00 bits per heavy atom. The number of carbonyl (C=O) groups is 2. The lowest BCUT2D eigenvalue weighted by molar-refractivity contribution is -0.133. The van der Waals surface area contributed by atoms with Crippen LogP contribution in [0.2, 0.25) is 0 Å². The van der Waals surface area contributed by atoms with Gasteiger partial charge in [-0.1, -0.05) is 36.4 Å². The molecule has 2 aliphatic heterocycles. The number of ketones is 1. The number of piperidine rings is 1. The summed E-state index contributed by atoms with van der Waals surface area (Å²) in [6.07, 6.45) is 1.62. The molecule has 2 aliphatic rings. The van der Waals surface area contributed by atoms with E-state index in [1.807, 2.05) is 16.7 Å². The second kappa shape index (κ2) is 6.31. The zero-order chi connectivity index (χ0) is 17.4. The average molecular weight is 336 g/mol. The van der Waals surface area contributed by atoms with E-state index < -0.39 is 0 Å². The van der Waals surface area contributed by atoms with E-state index in [1.165, 1.54) is 0 Å². The first-order valence-corrected chi connectivity index (χ1v) is 8.68. The van der Waals surface area contributed by atoms with E-state index in [9.17, 15) is 14.4 Å². The number of nitrogens with zero attached hydrogens (tertiary/aromatic N) is 2. The Morgan fingerprint density at radius 2 is 1.80 bits per heavy atom. The van der Waals surface area contributed by atoms with Crippen molar-refractivity contribution in [2.45, 2.75) is 25.3 Å². The lowest BCUT2D eigenvalue weighted by atomic mass is 9.85. The van der Waals surface area contributed by atoms with Crippen molar-refractivity contribution in [3.8, 4) is 0 Å². The quantitative estimate of drug-likeness (QED) is 0.637. The minimum Gasteiger partial charge on any atom is -0.340 e. The molecule has 1 aromatic heterocycles. The summed E-state index contributed by atoms with van der Waals surface area (Å²) in [5, 5.41) is 0. The standard InChI is InChI=1S/C20H20N2O3/c23-18(15-5-2-1-3-6-15)11-20(25)21-12-14-9-16-7-4-8-19(24)22(16)17(10-14)13-21/h1-8,14,17H,9-13H2. The van der Waals surface area contributed by atoms with Crippen molar-refractivity contribution in [1.29, 1.82) is 0 Å². The third kappa shape index (κ3) is 3.02. The van der Waals surface area contributed by atoms with Gasteiger partial charge in [0.05, 0.1) is 12.5 Å². The van der Waals surface area contributed by atoms with Crippen LogP contribution in [0.15, 0.2) is 53.3 Å². The number of pyridine rings is 1. The molecule has 2 atom stereocenters. The van der Waals surface area contributed by atoms with Gasteiger partial charge >= 0.3 is 0 Å². The number of amides is 1. The maximum Gasteiger partial charge on any atom is 0.251 e. The maximum atomic E-state index is 12.6. The first kappa shape index (κ1) is 15.8. The minimum absolute atomic E-state index is 0.00406. The molecule has 128 valence electrons. The van der Waals surface area contributed by atoms with Crippen molar-refractivity contribution >= 4 is 11.7 Å². The van der Waals surface area contributed by atoms with Crippen LogP contribution in [0.5, 0.6) is 0 Å². The summed E-state index contributed by atoms with van der Waals surface area (Å²) in [7, 11) is 0. The van der Waals surface area contributed by atoms with Gasteiger partial charge < -0.3 is 9.47 Å². The normalized spacial score (nSPS) is 21.5. The Bertz CT molecular complexity index is 872. The first-order valence-electron chi connectivity index (χ1n) is 8.68. The molecule has 5 nitrogen and oxygen atoms in total. The van der Waals surface area contributed by atoms with E-state index in [1.54, 1.807) is 41.3 Å². The summed E-state index contributed by atoms with van der Waals surface area (Å²) in [5.74, 6) is 0.0613. The van der Waals surface area contributed by atoms with Gasteiger partial charge in [-0.2, -0.15) is 0 Å². The fourth-order valence-corrected chi connectivity index (χ4v) is 4.11. The maximum absolute atomic E-state index is 12.6. The van der Waals surface area contributed by atoms with Gasteiger partial charge in [-0.3, -0.25) is 14.4 Å². The van der Waals surface area contributed by atoms with E-state index in [0.29, 0.717) is 24.6 Å². The molecule has 0 saturated carbocycles. The van der Waals surface area contributed by atoms with Crippen molar-refractivity contribution < 1.29 is 9.59 Å².